The summed E-state index contributed by atoms with van der Waals surface area (Å²) in [7, 11) is 0. The normalized spacial score (nSPS) is 14.1. The first-order valence-electron chi connectivity index (χ1n) is 17.0. The summed E-state index contributed by atoms with van der Waals surface area (Å²) in [6.45, 7) is 5.16. The van der Waals surface area contributed by atoms with Crippen LogP contribution >= 0.6 is 11.6 Å². The molecule has 1 saturated heterocycles. The van der Waals surface area contributed by atoms with Gasteiger partial charge in [-0.15, -0.1) is 0 Å². The molecule has 2 aliphatic rings. The van der Waals surface area contributed by atoms with Gasteiger partial charge in [-0.2, -0.15) is 31.3 Å². The van der Waals surface area contributed by atoms with Gasteiger partial charge in [0.2, 0.25) is 11.9 Å². The van der Waals surface area contributed by atoms with E-state index in [9.17, 15) is 35.9 Å². The molecular weight excluding hydrogens is 794 g/mol. The third-order valence-electron chi connectivity index (χ3n) is 8.30. The van der Waals surface area contributed by atoms with Crippen LogP contribution in [-0.4, -0.2) is 84.4 Å². The van der Waals surface area contributed by atoms with Gasteiger partial charge in [0.15, 0.2) is 11.5 Å². The molecule has 57 heavy (non-hydrogen) atoms. The molecule has 0 unspecified atom stereocenters. The van der Waals surface area contributed by atoms with Crippen molar-refractivity contribution in [1.29, 1.82) is 0 Å². The zero-order valence-corrected chi connectivity index (χ0v) is 30.8. The molecule has 6 bridgehead atoms. The third-order valence-corrected chi connectivity index (χ3v) is 8.57. The highest BCUT2D eigenvalue weighted by atomic mass is 35.5. The minimum Gasteiger partial charge on any atom is -0.475 e. The summed E-state index contributed by atoms with van der Waals surface area (Å²) in [5.41, 5.74) is 4.71. The van der Waals surface area contributed by atoms with Crippen molar-refractivity contribution in [1.82, 2.24) is 25.0 Å². The number of aromatic nitrogens is 4. The lowest BCUT2D eigenvalue weighted by Gasteiger charge is -2.31. The Kier molecular flexibility index (Phi) is 14.4. The smallest absolute Gasteiger partial charge is 0.475 e. The molecule has 0 aliphatic carbocycles. The molecule has 5 N–H and O–H groups in total. The van der Waals surface area contributed by atoms with Crippen molar-refractivity contribution in [2.75, 3.05) is 29.0 Å². The average Bonchev–Trinajstić information content (AvgIpc) is 3.64. The van der Waals surface area contributed by atoms with Gasteiger partial charge in [0, 0.05) is 49.1 Å². The molecule has 15 nitrogen and oxygen atoms in total. The van der Waals surface area contributed by atoms with Crippen LogP contribution in [0, 0.1) is 5.92 Å². The molecule has 22 heteroatoms. The highest BCUT2D eigenvalue weighted by Crippen LogP contribution is 2.30. The van der Waals surface area contributed by atoms with Crippen molar-refractivity contribution in [3.63, 3.8) is 0 Å². The van der Waals surface area contributed by atoms with Crippen LogP contribution in [0.25, 0.3) is 0 Å². The predicted molar refractivity (Wildman–Crippen MR) is 192 cm³/mol. The maximum atomic E-state index is 13.2. The number of likely N-dealkylation sites (tertiary alicyclic amines) is 1. The Morgan fingerprint density at radius 2 is 1.58 bits per heavy atom. The number of piperidine rings is 1. The minimum absolute atomic E-state index is 0.0425. The van der Waals surface area contributed by atoms with E-state index in [4.69, 9.17) is 35.9 Å². The summed E-state index contributed by atoms with van der Waals surface area (Å²) in [4.78, 5) is 58.8. The van der Waals surface area contributed by atoms with E-state index in [1.807, 2.05) is 44.3 Å². The van der Waals surface area contributed by atoms with Crippen LogP contribution in [0.1, 0.15) is 66.4 Å². The SMILES string of the molecule is CC(C)c1cc(C(=O)N2CCC(CC(=O)Nc3ccc4cc3CCc3cncc(c3)Nc3ncc(Cl)c(n3)N4)CC2)no1.O=C(O)C(F)(F)F.O=C(O)C(F)(F)F. The van der Waals surface area contributed by atoms with Gasteiger partial charge in [0.1, 0.15) is 10.8 Å². The number of carbonyl (C=O) groups is 4. The van der Waals surface area contributed by atoms with Crippen molar-refractivity contribution in [2.45, 2.75) is 64.2 Å². The van der Waals surface area contributed by atoms with Crippen molar-refractivity contribution in [3.05, 3.63) is 76.5 Å². The average molecular weight is 829 g/mol. The van der Waals surface area contributed by atoms with Gasteiger partial charge in [0.25, 0.3) is 5.91 Å². The lowest BCUT2D eigenvalue weighted by molar-refractivity contribution is -0.193. The Bertz CT molecular complexity index is 2050. The van der Waals surface area contributed by atoms with E-state index < -0.39 is 24.3 Å². The van der Waals surface area contributed by atoms with E-state index in [0.29, 0.717) is 54.2 Å². The Morgan fingerprint density at radius 1 is 0.930 bits per heavy atom. The van der Waals surface area contributed by atoms with Crippen LogP contribution in [0.3, 0.4) is 0 Å². The summed E-state index contributed by atoms with van der Waals surface area (Å²) in [6, 6.07) is 9.55. The molecule has 0 saturated carbocycles. The van der Waals surface area contributed by atoms with E-state index in [-0.39, 0.29) is 23.7 Å². The molecule has 6 rings (SSSR count). The van der Waals surface area contributed by atoms with Crippen molar-refractivity contribution < 1.29 is 60.3 Å². The van der Waals surface area contributed by atoms with Crippen LogP contribution in [0.15, 0.2) is 53.4 Å². The summed E-state index contributed by atoms with van der Waals surface area (Å²) in [6.07, 6.45) is -1.76. The molecule has 0 spiro atoms. The van der Waals surface area contributed by atoms with Crippen molar-refractivity contribution >= 4 is 64.2 Å². The molecule has 1 fully saturated rings. The second-order valence-corrected chi connectivity index (χ2v) is 13.4. The highest BCUT2D eigenvalue weighted by Gasteiger charge is 2.39. The summed E-state index contributed by atoms with van der Waals surface area (Å²) >= 11 is 6.38. The van der Waals surface area contributed by atoms with Gasteiger partial charge in [0.05, 0.1) is 18.1 Å². The van der Waals surface area contributed by atoms with E-state index in [1.165, 1.54) is 0 Å². The molecule has 306 valence electrons. The largest absolute Gasteiger partial charge is 0.490 e. The number of pyridine rings is 1. The number of amides is 2. The number of carboxylic acid groups (broad SMARTS) is 2. The maximum Gasteiger partial charge on any atom is 0.490 e. The Labute approximate surface area is 324 Å². The van der Waals surface area contributed by atoms with Gasteiger partial charge < -0.3 is 35.6 Å². The van der Waals surface area contributed by atoms with E-state index >= 15 is 0 Å². The van der Waals surface area contributed by atoms with Crippen LogP contribution in [-0.2, 0) is 27.2 Å². The maximum absolute atomic E-state index is 13.2. The number of anilines is 5. The first-order valence-corrected chi connectivity index (χ1v) is 17.4. The fourth-order valence-corrected chi connectivity index (χ4v) is 5.52. The molecule has 2 amide bonds. The standard InChI is InChI=1S/C31H33ClN8O3.2C2HF3O2/c1-18(2)27-14-26(39-43-27)30(42)40-9-7-19(8-10-40)12-28(41)37-25-6-5-22-13-21(25)4-3-20-11-23(16-33-15-20)36-31-34-17-24(32)29(35-22)38-31;2*3-2(4,5)1(6)7/h5-6,11,13-19H,3-4,7-10,12H2,1-2H3,(H,37,41)(H2,34,35,36,38);2*(H,6,7). The van der Waals surface area contributed by atoms with Gasteiger partial charge in [-0.05, 0) is 67.0 Å². The first kappa shape index (κ1) is 43.7. The van der Waals surface area contributed by atoms with E-state index in [0.717, 1.165) is 47.5 Å². The number of aliphatic carboxylic acids is 2. The molecule has 0 radical (unpaired) electrons. The number of nitrogens with zero attached hydrogens (tertiary/aromatic N) is 5. The van der Waals surface area contributed by atoms with Crippen LogP contribution in [0.4, 0.5) is 55.2 Å². The zero-order valence-electron chi connectivity index (χ0n) is 30.0. The number of nitrogens with one attached hydrogen (secondary N) is 3. The molecule has 4 aromatic rings. The number of hydrogen-bond donors (Lipinski definition) is 5. The predicted octanol–water partition coefficient (Wildman–Crippen LogP) is 7.37. The zero-order chi connectivity index (χ0) is 42.1. The number of hydrogen-bond acceptors (Lipinski definition) is 11. The summed E-state index contributed by atoms with van der Waals surface area (Å²) < 4.78 is 68.8. The Balaban J connectivity index is 0.000000440. The number of rotatable bonds is 5. The summed E-state index contributed by atoms with van der Waals surface area (Å²) in [5.74, 6) is -3.74. The quantitative estimate of drug-likeness (QED) is 0.125. The number of carbonyl (C=O) groups excluding carboxylic acids is 2. The molecule has 0 atom stereocenters. The first-order chi connectivity index (χ1) is 26.7. The lowest BCUT2D eigenvalue weighted by atomic mass is 9.93. The van der Waals surface area contributed by atoms with Crippen molar-refractivity contribution in [3.8, 4) is 0 Å². The van der Waals surface area contributed by atoms with E-state index in [1.54, 1.807) is 23.4 Å². The lowest BCUT2D eigenvalue weighted by Crippen LogP contribution is -2.39. The second-order valence-electron chi connectivity index (χ2n) is 13.0. The van der Waals surface area contributed by atoms with Gasteiger partial charge in [-0.25, -0.2) is 14.6 Å². The Hall–Kier alpha value is -5.99. The third kappa shape index (κ3) is 13.0. The van der Waals surface area contributed by atoms with Gasteiger partial charge in [-0.1, -0.05) is 30.6 Å². The highest BCUT2D eigenvalue weighted by molar-refractivity contribution is 6.32. The van der Waals surface area contributed by atoms with Gasteiger partial charge in [-0.3, -0.25) is 14.6 Å². The second kappa shape index (κ2) is 18.8. The number of benzene rings is 1. The number of halogens is 7. The molecule has 1 aromatic carbocycles. The molecular formula is C35H35ClF6N8O7. The van der Waals surface area contributed by atoms with E-state index in [2.05, 4.69) is 36.1 Å². The minimum atomic E-state index is -5.08. The van der Waals surface area contributed by atoms with Crippen LogP contribution in [0.2, 0.25) is 5.02 Å². The fourth-order valence-electron chi connectivity index (χ4n) is 5.38. The topological polar surface area (TPSA) is 213 Å². The van der Waals surface area contributed by atoms with Crippen molar-refractivity contribution in [2.24, 2.45) is 5.92 Å². The van der Waals surface area contributed by atoms with Crippen LogP contribution < -0.4 is 16.0 Å². The van der Waals surface area contributed by atoms with Gasteiger partial charge >= 0.3 is 24.3 Å². The monoisotopic (exact) mass is 828 g/mol. The fraction of sp³-hybridized carbons (Fsp3) is 0.371. The number of aryl methyl sites for hydroxylation is 2. The summed E-state index contributed by atoms with van der Waals surface area (Å²) in [5, 5.41) is 28.2. The molecule has 5 heterocycles. The Morgan fingerprint density at radius 3 is 2.18 bits per heavy atom. The number of alkyl halides is 6. The molecule has 2 aliphatic heterocycles. The van der Waals surface area contributed by atoms with Crippen LogP contribution in [0.5, 0.6) is 0 Å². The number of carboxylic acids is 2. The number of fused-ring (bicyclic) bond motifs is 6. The molecule has 3 aromatic heterocycles.